The molecule has 0 N–H and O–H groups in total. The third-order valence-electron chi connectivity index (χ3n) is 7.82. The molecule has 8 nitrogen and oxygen atoms in total. The number of carbonyl (C=O) groups is 1. The monoisotopic (exact) mass is 510 g/mol. The summed E-state index contributed by atoms with van der Waals surface area (Å²) in [5.74, 6) is 0.660. The zero-order valence-electron chi connectivity index (χ0n) is 21.9. The van der Waals surface area contributed by atoms with Crippen LogP contribution in [-0.4, -0.2) is 68.2 Å². The number of esters is 1. The fourth-order valence-corrected chi connectivity index (χ4v) is 5.79. The predicted octanol–water partition coefficient (Wildman–Crippen LogP) is 4.62. The van der Waals surface area contributed by atoms with E-state index in [0.717, 1.165) is 62.2 Å². The van der Waals surface area contributed by atoms with E-state index < -0.39 is 0 Å². The Bertz CT molecular complexity index is 1280. The van der Waals surface area contributed by atoms with Crippen molar-refractivity contribution in [1.82, 2.24) is 9.88 Å². The quantitative estimate of drug-likeness (QED) is 0.464. The summed E-state index contributed by atoms with van der Waals surface area (Å²) in [7, 11) is 1.46. The number of aliphatic imine (C=N–C) groups is 1. The minimum absolute atomic E-state index is 0.206. The van der Waals surface area contributed by atoms with Gasteiger partial charge in [0.15, 0.2) is 0 Å². The number of benzene rings is 2. The zero-order valence-corrected chi connectivity index (χ0v) is 21.9. The highest BCUT2D eigenvalue weighted by Gasteiger charge is 2.36. The van der Waals surface area contributed by atoms with E-state index in [1.165, 1.54) is 31.3 Å². The smallest absolute Gasteiger partial charge is 0.307 e. The van der Waals surface area contributed by atoms with Crippen molar-refractivity contribution in [3.05, 3.63) is 78.6 Å². The van der Waals surface area contributed by atoms with Crippen LogP contribution in [-0.2, 0) is 9.53 Å². The van der Waals surface area contributed by atoms with Crippen LogP contribution in [0, 0.1) is 0 Å². The van der Waals surface area contributed by atoms with Crippen molar-refractivity contribution in [2.45, 2.75) is 25.3 Å². The number of hydrogen-bond donors (Lipinski definition) is 0. The molecule has 1 aromatic heterocycles. The molecule has 196 valence electrons. The summed E-state index contributed by atoms with van der Waals surface area (Å²) in [6, 6.07) is 20.8. The van der Waals surface area contributed by atoms with Crippen molar-refractivity contribution in [2.24, 2.45) is 4.99 Å². The molecule has 0 radical (unpaired) electrons. The van der Waals surface area contributed by atoms with Crippen LogP contribution in [0.3, 0.4) is 0 Å². The van der Waals surface area contributed by atoms with Crippen molar-refractivity contribution in [3.8, 4) is 0 Å². The average molecular weight is 511 g/mol. The van der Waals surface area contributed by atoms with Crippen LogP contribution in [0.15, 0.2) is 78.0 Å². The number of fused-ring (bicyclic) bond motifs is 1. The lowest BCUT2D eigenvalue weighted by Crippen LogP contribution is -2.55. The first-order valence-electron chi connectivity index (χ1n) is 13.5. The molecule has 0 spiro atoms. The molecule has 8 heteroatoms. The van der Waals surface area contributed by atoms with Crippen LogP contribution in [0.5, 0.6) is 0 Å². The molecule has 2 fully saturated rings. The number of anilines is 3. The van der Waals surface area contributed by atoms with Gasteiger partial charge in [-0.15, -0.1) is 0 Å². The molecule has 4 heterocycles. The van der Waals surface area contributed by atoms with E-state index in [9.17, 15) is 4.79 Å². The molecule has 2 aromatic carbocycles. The van der Waals surface area contributed by atoms with E-state index >= 15 is 0 Å². The Morgan fingerprint density at radius 3 is 2.11 bits per heavy atom. The molecule has 2 saturated heterocycles. The van der Waals surface area contributed by atoms with Crippen LogP contribution in [0.25, 0.3) is 0 Å². The van der Waals surface area contributed by atoms with Gasteiger partial charge in [-0.05, 0) is 55.3 Å². The second kappa shape index (κ2) is 10.7. The Morgan fingerprint density at radius 2 is 1.39 bits per heavy atom. The fourth-order valence-electron chi connectivity index (χ4n) is 5.79. The molecular formula is C30H34N6O2. The number of ether oxygens (including phenoxy) is 1. The second-order valence-electron chi connectivity index (χ2n) is 10.0. The van der Waals surface area contributed by atoms with Gasteiger partial charge < -0.3 is 24.3 Å². The molecule has 3 aliphatic heterocycles. The number of methoxy groups -OCH3 is 1. The van der Waals surface area contributed by atoms with E-state index in [0.29, 0.717) is 0 Å². The van der Waals surface area contributed by atoms with E-state index in [1.54, 1.807) is 0 Å². The molecule has 3 aromatic rings. The maximum atomic E-state index is 12.7. The number of guanidine groups is 1. The third-order valence-corrected chi connectivity index (χ3v) is 7.82. The Balaban J connectivity index is 1.35. The summed E-state index contributed by atoms with van der Waals surface area (Å²) in [4.78, 5) is 31.4. The zero-order chi connectivity index (χ0) is 25.9. The Kier molecular flexibility index (Phi) is 6.86. The molecule has 1 atom stereocenters. The summed E-state index contributed by atoms with van der Waals surface area (Å²) < 4.78 is 5.15. The number of hydrogen-bond acceptors (Lipinski definition) is 8. The molecular weight excluding hydrogens is 476 g/mol. The highest BCUT2D eigenvalue weighted by atomic mass is 16.5. The lowest BCUT2D eigenvalue weighted by atomic mass is 9.97. The van der Waals surface area contributed by atoms with Gasteiger partial charge in [0, 0.05) is 74.3 Å². The number of pyridine rings is 1. The van der Waals surface area contributed by atoms with Crippen LogP contribution in [0.2, 0.25) is 0 Å². The van der Waals surface area contributed by atoms with Crippen molar-refractivity contribution < 1.29 is 9.53 Å². The van der Waals surface area contributed by atoms with Crippen molar-refractivity contribution in [2.75, 3.05) is 61.1 Å². The van der Waals surface area contributed by atoms with Gasteiger partial charge in [0.25, 0.3) is 0 Å². The van der Waals surface area contributed by atoms with Gasteiger partial charge in [-0.25, -0.2) is 4.99 Å². The summed E-state index contributed by atoms with van der Waals surface area (Å²) in [6.07, 6.45) is 6.42. The number of carbonyl (C=O) groups excluding carboxylic acids is 1. The largest absolute Gasteiger partial charge is 0.469 e. The number of rotatable bonds is 5. The maximum Gasteiger partial charge on any atom is 0.307 e. The van der Waals surface area contributed by atoms with Crippen molar-refractivity contribution in [1.29, 1.82) is 0 Å². The minimum Gasteiger partial charge on any atom is -0.469 e. The molecule has 6 rings (SSSR count). The topological polar surface area (TPSA) is 64.5 Å². The van der Waals surface area contributed by atoms with Gasteiger partial charge in [-0.2, -0.15) is 0 Å². The molecule has 3 aliphatic rings. The van der Waals surface area contributed by atoms with Gasteiger partial charge in [0.05, 0.1) is 25.3 Å². The highest BCUT2D eigenvalue weighted by Crippen LogP contribution is 2.41. The normalized spacial score (nSPS) is 19.3. The van der Waals surface area contributed by atoms with E-state index in [-0.39, 0.29) is 18.4 Å². The lowest BCUT2D eigenvalue weighted by molar-refractivity contribution is -0.141. The van der Waals surface area contributed by atoms with E-state index in [1.807, 2.05) is 30.6 Å². The number of aromatic nitrogens is 1. The summed E-state index contributed by atoms with van der Waals surface area (Å²) >= 11 is 0. The SMILES string of the molecule is COC(=O)CC1c2ccccc2N=C(N2CCN(c3ccncc3)CC2)N1c1ccc(N2CCCC2)cc1. The van der Waals surface area contributed by atoms with E-state index in [2.05, 4.69) is 67.0 Å². The Morgan fingerprint density at radius 1 is 0.789 bits per heavy atom. The maximum absolute atomic E-state index is 12.7. The first-order chi connectivity index (χ1) is 18.7. The molecule has 0 saturated carbocycles. The van der Waals surface area contributed by atoms with Crippen LogP contribution < -0.4 is 14.7 Å². The summed E-state index contributed by atoms with van der Waals surface area (Å²) in [6.45, 7) is 5.64. The molecule has 1 unspecified atom stereocenters. The second-order valence-corrected chi connectivity index (χ2v) is 10.0. The lowest BCUT2D eigenvalue weighted by Gasteiger charge is -2.45. The van der Waals surface area contributed by atoms with Crippen LogP contribution >= 0.6 is 0 Å². The van der Waals surface area contributed by atoms with E-state index in [4.69, 9.17) is 9.73 Å². The van der Waals surface area contributed by atoms with Gasteiger partial charge >= 0.3 is 5.97 Å². The summed E-state index contributed by atoms with van der Waals surface area (Å²) in [5, 5.41) is 0. The first kappa shape index (κ1) is 24.3. The average Bonchev–Trinajstić information content (AvgIpc) is 3.53. The molecule has 0 aliphatic carbocycles. The van der Waals surface area contributed by atoms with Gasteiger partial charge in [-0.3, -0.25) is 9.78 Å². The van der Waals surface area contributed by atoms with Crippen molar-refractivity contribution >= 4 is 34.7 Å². The molecule has 38 heavy (non-hydrogen) atoms. The van der Waals surface area contributed by atoms with Gasteiger partial charge in [0.1, 0.15) is 0 Å². The number of para-hydroxylation sites is 1. The Labute approximate surface area is 224 Å². The number of nitrogens with zero attached hydrogens (tertiary/aromatic N) is 6. The molecule has 0 amide bonds. The standard InChI is InChI=1S/C30H34N6O2/c1-38-29(37)22-28-26-6-2-3-7-27(26)32-30(35-20-18-34(19-21-35)24-12-14-31-15-13-24)36(28)25-10-8-23(9-11-25)33-16-4-5-17-33/h2-3,6-15,28H,4-5,16-22H2,1H3. The number of piperazine rings is 1. The van der Waals surface area contributed by atoms with Crippen LogP contribution in [0.1, 0.15) is 30.9 Å². The van der Waals surface area contributed by atoms with Gasteiger partial charge in [-0.1, -0.05) is 18.2 Å². The fraction of sp³-hybridized carbons (Fsp3) is 0.367. The predicted molar refractivity (Wildman–Crippen MR) is 151 cm³/mol. The highest BCUT2D eigenvalue weighted by molar-refractivity contribution is 6.01. The minimum atomic E-state index is -0.229. The van der Waals surface area contributed by atoms with Gasteiger partial charge in [0.2, 0.25) is 5.96 Å². The first-order valence-corrected chi connectivity index (χ1v) is 13.5. The third kappa shape index (κ3) is 4.78. The molecule has 0 bridgehead atoms. The Hall–Kier alpha value is -4.07. The van der Waals surface area contributed by atoms with Crippen LogP contribution in [0.4, 0.5) is 22.7 Å². The van der Waals surface area contributed by atoms with Crippen molar-refractivity contribution in [3.63, 3.8) is 0 Å². The summed E-state index contributed by atoms with van der Waals surface area (Å²) in [5.41, 5.74) is 5.43.